The lowest BCUT2D eigenvalue weighted by molar-refractivity contribution is 0.162. The second-order valence-electron chi connectivity index (χ2n) is 5.26. The topological polar surface area (TPSA) is 26.5 Å². The Hall–Kier alpha value is -1.11. The normalized spacial score (nSPS) is 13.4. The van der Waals surface area contributed by atoms with Crippen LogP contribution in [0.25, 0.3) is 10.6 Å². The monoisotopic (exact) mass is 398 g/mol. The molecule has 0 aliphatic carbocycles. The number of benzene rings is 1. The van der Waals surface area contributed by atoms with E-state index in [1.165, 1.54) is 4.88 Å². The molecule has 0 N–H and O–H groups in total. The van der Waals surface area contributed by atoms with E-state index in [0.29, 0.717) is 22.3 Å². The maximum Gasteiger partial charge on any atom is 0.190 e. The number of ether oxygens (including phenoxy) is 1. The highest BCUT2D eigenvalue weighted by Crippen LogP contribution is 2.30. The fourth-order valence-corrected chi connectivity index (χ4v) is 4.69. The zero-order chi connectivity index (χ0) is 17.1. The molecule has 2 aromatic heterocycles. The maximum atomic E-state index is 6.27. The molecular weight excluding hydrogens is 383 g/mol. The molecule has 24 heavy (non-hydrogen) atoms. The van der Waals surface area contributed by atoms with Crippen LogP contribution in [0.5, 0.6) is 0 Å². The van der Waals surface area contributed by atoms with Crippen LogP contribution in [0.3, 0.4) is 0 Å². The minimum Gasteiger partial charge on any atom is -0.383 e. The Morgan fingerprint density at radius 2 is 2.08 bits per heavy atom. The smallest absolute Gasteiger partial charge is 0.190 e. The Kier molecular flexibility index (Phi) is 5.79. The fourth-order valence-electron chi connectivity index (χ4n) is 2.42. The van der Waals surface area contributed by atoms with Crippen molar-refractivity contribution in [3.05, 3.63) is 55.9 Å². The summed E-state index contributed by atoms with van der Waals surface area (Å²) >= 11 is 15.5. The van der Waals surface area contributed by atoms with Crippen molar-refractivity contribution in [1.29, 1.82) is 0 Å². The van der Waals surface area contributed by atoms with Gasteiger partial charge in [0.1, 0.15) is 0 Å². The molecule has 7 heteroatoms. The average Bonchev–Trinajstić information content (AvgIpc) is 3.19. The van der Waals surface area contributed by atoms with Crippen molar-refractivity contribution in [2.45, 2.75) is 13.0 Å². The first-order chi connectivity index (χ1) is 11.6. The van der Waals surface area contributed by atoms with E-state index in [4.69, 9.17) is 32.9 Å². The van der Waals surface area contributed by atoms with Crippen molar-refractivity contribution in [3.63, 3.8) is 0 Å². The van der Waals surface area contributed by atoms with Gasteiger partial charge >= 0.3 is 0 Å². The Morgan fingerprint density at radius 3 is 2.75 bits per heavy atom. The number of hydrogen-bond donors (Lipinski definition) is 0. The van der Waals surface area contributed by atoms with E-state index in [1.807, 2.05) is 6.07 Å². The lowest BCUT2D eigenvalue weighted by Crippen LogP contribution is -2.22. The van der Waals surface area contributed by atoms with Crippen LogP contribution >= 0.6 is 45.9 Å². The van der Waals surface area contributed by atoms with Gasteiger partial charge in [0.05, 0.1) is 33.9 Å². The molecule has 3 rings (SSSR count). The van der Waals surface area contributed by atoms with Gasteiger partial charge in [0.2, 0.25) is 0 Å². The number of halogens is 2. The molecule has 0 amide bonds. The van der Waals surface area contributed by atoms with E-state index in [9.17, 15) is 0 Å². The van der Waals surface area contributed by atoms with Gasteiger partial charge in [-0.2, -0.15) is 0 Å². The van der Waals surface area contributed by atoms with Gasteiger partial charge in [0.25, 0.3) is 0 Å². The molecule has 1 aromatic carbocycles. The van der Waals surface area contributed by atoms with E-state index in [-0.39, 0.29) is 6.04 Å². The Labute approximate surface area is 158 Å². The molecule has 1 unspecified atom stereocenters. The number of thiophene rings is 1. The molecule has 2 heterocycles. The van der Waals surface area contributed by atoms with E-state index in [0.717, 1.165) is 10.5 Å². The van der Waals surface area contributed by atoms with Crippen LogP contribution in [-0.4, -0.2) is 18.3 Å². The van der Waals surface area contributed by atoms with E-state index in [1.54, 1.807) is 41.9 Å². The summed E-state index contributed by atoms with van der Waals surface area (Å²) in [6.45, 7) is 2.73. The van der Waals surface area contributed by atoms with Crippen LogP contribution in [0.1, 0.15) is 13.0 Å². The first-order valence-corrected chi connectivity index (χ1v) is 9.84. The quantitative estimate of drug-likeness (QED) is 0.515. The summed E-state index contributed by atoms with van der Waals surface area (Å²) in [4.78, 5) is 6.84. The van der Waals surface area contributed by atoms with Gasteiger partial charge in [-0.05, 0) is 36.6 Å². The highest BCUT2D eigenvalue weighted by molar-refractivity contribution is 7.14. The highest BCUT2D eigenvalue weighted by Gasteiger charge is 2.15. The molecular formula is C17H16Cl2N2OS2. The Bertz CT molecular complexity index is 884. The third-order valence-electron chi connectivity index (χ3n) is 3.49. The third kappa shape index (κ3) is 3.76. The Balaban J connectivity index is 2.15. The van der Waals surface area contributed by atoms with Crippen LogP contribution < -0.4 is 4.80 Å². The molecule has 3 nitrogen and oxygen atoms in total. The molecule has 126 valence electrons. The van der Waals surface area contributed by atoms with Gasteiger partial charge in [-0.25, -0.2) is 4.99 Å². The van der Waals surface area contributed by atoms with E-state index in [2.05, 4.69) is 34.4 Å². The molecule has 1 atom stereocenters. The summed E-state index contributed by atoms with van der Waals surface area (Å²) in [5.74, 6) is 0. The number of aromatic nitrogens is 1. The zero-order valence-electron chi connectivity index (χ0n) is 13.2. The molecule has 0 saturated carbocycles. The van der Waals surface area contributed by atoms with Gasteiger partial charge in [-0.3, -0.25) is 0 Å². The fraction of sp³-hybridized carbons (Fsp3) is 0.235. The third-order valence-corrected chi connectivity index (χ3v) is 5.76. The number of hydrogen-bond acceptors (Lipinski definition) is 4. The molecule has 3 aromatic rings. The number of nitrogens with zero attached hydrogens (tertiary/aromatic N) is 2. The van der Waals surface area contributed by atoms with Crippen LogP contribution in [0.15, 0.2) is 46.1 Å². The van der Waals surface area contributed by atoms with Crippen molar-refractivity contribution in [2.24, 2.45) is 4.99 Å². The first kappa shape index (κ1) is 17.7. The summed E-state index contributed by atoms with van der Waals surface area (Å²) in [7, 11) is 1.71. The summed E-state index contributed by atoms with van der Waals surface area (Å²) in [6.07, 6.45) is 0. The maximum absolute atomic E-state index is 6.27. The molecule has 0 bridgehead atoms. The summed E-state index contributed by atoms with van der Waals surface area (Å²) in [5, 5.41) is 5.34. The van der Waals surface area contributed by atoms with Crippen LogP contribution in [0.2, 0.25) is 10.0 Å². The van der Waals surface area contributed by atoms with Crippen molar-refractivity contribution in [3.8, 4) is 10.6 Å². The summed E-state index contributed by atoms with van der Waals surface area (Å²) in [5.41, 5.74) is 1.85. The minimum atomic E-state index is 0.156. The highest BCUT2D eigenvalue weighted by atomic mass is 35.5. The minimum absolute atomic E-state index is 0.156. The lowest BCUT2D eigenvalue weighted by atomic mass is 10.3. The lowest BCUT2D eigenvalue weighted by Gasteiger charge is -2.15. The van der Waals surface area contributed by atoms with Gasteiger partial charge < -0.3 is 9.30 Å². The second kappa shape index (κ2) is 7.85. The SMILES string of the molecule is COCC(C)n1c(-c2cccs2)csc1=Nc1ccc(Cl)cc1Cl. The number of rotatable bonds is 5. The number of methoxy groups -OCH3 is 1. The van der Waals surface area contributed by atoms with Gasteiger partial charge in [-0.1, -0.05) is 29.3 Å². The van der Waals surface area contributed by atoms with Gasteiger partial charge in [0.15, 0.2) is 4.80 Å². The first-order valence-electron chi connectivity index (χ1n) is 7.32. The van der Waals surface area contributed by atoms with Gasteiger partial charge in [0, 0.05) is 17.5 Å². The van der Waals surface area contributed by atoms with Crippen LogP contribution in [-0.2, 0) is 4.74 Å². The second-order valence-corrected chi connectivity index (χ2v) is 7.89. The molecule has 0 aliphatic heterocycles. The molecule has 0 saturated heterocycles. The summed E-state index contributed by atoms with van der Waals surface area (Å²) < 4.78 is 7.55. The van der Waals surface area contributed by atoms with Crippen LogP contribution in [0.4, 0.5) is 5.69 Å². The predicted molar refractivity (Wildman–Crippen MR) is 104 cm³/mol. The summed E-state index contributed by atoms with van der Waals surface area (Å²) in [6, 6.07) is 9.66. The van der Waals surface area contributed by atoms with Crippen molar-refractivity contribution < 1.29 is 4.74 Å². The Morgan fingerprint density at radius 1 is 1.25 bits per heavy atom. The molecule has 0 spiro atoms. The largest absolute Gasteiger partial charge is 0.383 e. The number of thiazole rings is 1. The predicted octanol–water partition coefficient (Wildman–Crippen LogP) is 6.02. The molecule has 0 radical (unpaired) electrons. The van der Waals surface area contributed by atoms with Crippen molar-refractivity contribution >= 4 is 51.6 Å². The average molecular weight is 399 g/mol. The zero-order valence-corrected chi connectivity index (χ0v) is 16.3. The van der Waals surface area contributed by atoms with Crippen LogP contribution in [0, 0.1) is 0 Å². The van der Waals surface area contributed by atoms with E-state index >= 15 is 0 Å². The van der Waals surface area contributed by atoms with Crippen molar-refractivity contribution in [2.75, 3.05) is 13.7 Å². The molecule has 0 aliphatic rings. The molecule has 0 fully saturated rings. The van der Waals surface area contributed by atoms with Gasteiger partial charge in [-0.15, -0.1) is 22.7 Å². The van der Waals surface area contributed by atoms with E-state index < -0.39 is 0 Å². The van der Waals surface area contributed by atoms with Crippen molar-refractivity contribution in [1.82, 2.24) is 4.57 Å². The standard InChI is InChI=1S/C17H16Cl2N2OS2/c1-11(9-22-2)21-15(16-4-3-7-23-16)10-24-17(21)20-14-6-5-12(18)8-13(14)19/h3-8,10-11H,9H2,1-2H3.